The van der Waals surface area contributed by atoms with E-state index in [2.05, 4.69) is 26.1 Å². The molecule has 0 aliphatic heterocycles. The maximum Gasteiger partial charge on any atom is 0.217 e. The Hall–Kier alpha value is -0.570. The third kappa shape index (κ3) is 1.85. The average molecular weight is 279 g/mol. The zero-order chi connectivity index (χ0) is 14.8. The topological polar surface area (TPSA) is 49.3 Å². The van der Waals surface area contributed by atoms with Crippen molar-refractivity contribution in [3.05, 3.63) is 0 Å². The van der Waals surface area contributed by atoms with Crippen LogP contribution in [0.3, 0.4) is 0 Å². The quantitative estimate of drug-likeness (QED) is 0.775. The Bertz CT molecular complexity index is 433. The number of aliphatic hydroxyl groups is 1. The minimum atomic E-state index is -0.157. The molecule has 1 spiro atoms. The molecule has 0 heterocycles. The maximum absolute atomic E-state index is 11.6. The second kappa shape index (κ2) is 4.22. The Morgan fingerprint density at radius 2 is 1.90 bits per heavy atom. The number of fused-ring (bicyclic) bond motifs is 1. The van der Waals surface area contributed by atoms with Crippen LogP contribution in [0.4, 0.5) is 0 Å². The molecule has 3 saturated carbocycles. The van der Waals surface area contributed by atoms with Gasteiger partial charge in [-0.25, -0.2) is 0 Å². The van der Waals surface area contributed by atoms with Gasteiger partial charge in [0.05, 0.1) is 6.10 Å². The van der Waals surface area contributed by atoms with Gasteiger partial charge in [0.2, 0.25) is 5.91 Å². The van der Waals surface area contributed by atoms with Crippen LogP contribution in [0.2, 0.25) is 0 Å². The van der Waals surface area contributed by atoms with Crippen molar-refractivity contribution in [3.63, 3.8) is 0 Å². The summed E-state index contributed by atoms with van der Waals surface area (Å²) in [6.45, 7) is 8.63. The standard InChI is InChI=1S/C17H29NO2/c1-11(19)18-13-9-15(2,3)12-5-7-16(4)10-17(12,13)8-6-14(16)20/h12-14,20H,5-10H2,1-4H3,(H,18,19)/t12-,13+,14-,16-,17+/m1/s1. The summed E-state index contributed by atoms with van der Waals surface area (Å²) in [5.41, 5.74) is 0.587. The predicted molar refractivity (Wildman–Crippen MR) is 79.1 cm³/mol. The molecule has 1 amide bonds. The second-order valence-corrected chi connectivity index (χ2v) is 8.66. The van der Waals surface area contributed by atoms with Gasteiger partial charge < -0.3 is 10.4 Å². The third-order valence-corrected chi connectivity index (χ3v) is 6.86. The molecular weight excluding hydrogens is 250 g/mol. The van der Waals surface area contributed by atoms with E-state index in [0.29, 0.717) is 17.4 Å². The first-order valence-electron chi connectivity index (χ1n) is 8.15. The van der Waals surface area contributed by atoms with Gasteiger partial charge in [0, 0.05) is 13.0 Å². The van der Waals surface area contributed by atoms with Gasteiger partial charge in [-0.3, -0.25) is 4.79 Å². The second-order valence-electron chi connectivity index (χ2n) is 8.66. The Labute approximate surface area is 122 Å². The van der Waals surface area contributed by atoms with Gasteiger partial charge in [0.1, 0.15) is 0 Å². The highest BCUT2D eigenvalue weighted by Gasteiger charge is 2.64. The van der Waals surface area contributed by atoms with Crippen LogP contribution in [-0.2, 0) is 4.79 Å². The highest BCUT2D eigenvalue weighted by molar-refractivity contribution is 5.73. The SMILES string of the molecule is CC(=O)N[C@H]1CC(C)(C)[C@H]2CC[C@]3(C)C[C@]12CC[C@H]3O. The Kier molecular flexibility index (Phi) is 3.03. The van der Waals surface area contributed by atoms with Crippen LogP contribution >= 0.6 is 0 Å². The van der Waals surface area contributed by atoms with Crippen molar-refractivity contribution in [1.29, 1.82) is 0 Å². The maximum atomic E-state index is 11.6. The van der Waals surface area contributed by atoms with E-state index in [1.54, 1.807) is 6.92 Å². The molecule has 5 atom stereocenters. The number of hydrogen-bond donors (Lipinski definition) is 2. The molecule has 3 heteroatoms. The first-order valence-corrected chi connectivity index (χ1v) is 8.15. The molecular formula is C17H29NO2. The number of nitrogens with one attached hydrogen (secondary N) is 1. The van der Waals surface area contributed by atoms with Gasteiger partial charge in [0.25, 0.3) is 0 Å². The minimum Gasteiger partial charge on any atom is -0.393 e. The molecule has 0 aromatic rings. The number of rotatable bonds is 1. The molecule has 114 valence electrons. The van der Waals surface area contributed by atoms with E-state index in [1.165, 1.54) is 6.42 Å². The number of aliphatic hydroxyl groups excluding tert-OH is 1. The number of carbonyl (C=O) groups excluding carboxylic acids is 1. The van der Waals surface area contributed by atoms with Gasteiger partial charge in [-0.15, -0.1) is 0 Å². The molecule has 0 radical (unpaired) electrons. The van der Waals surface area contributed by atoms with Gasteiger partial charge >= 0.3 is 0 Å². The molecule has 20 heavy (non-hydrogen) atoms. The zero-order valence-electron chi connectivity index (χ0n) is 13.3. The summed E-state index contributed by atoms with van der Waals surface area (Å²) < 4.78 is 0. The number of amides is 1. The Morgan fingerprint density at radius 3 is 2.55 bits per heavy atom. The molecule has 3 nitrogen and oxygen atoms in total. The van der Waals surface area contributed by atoms with E-state index in [0.717, 1.165) is 32.1 Å². The molecule has 3 rings (SSSR count). The molecule has 0 aromatic heterocycles. The van der Waals surface area contributed by atoms with E-state index in [9.17, 15) is 9.90 Å². The minimum absolute atomic E-state index is 0.0614. The van der Waals surface area contributed by atoms with Crippen LogP contribution < -0.4 is 5.32 Å². The molecule has 0 saturated heterocycles. The summed E-state index contributed by atoms with van der Waals surface area (Å²) in [5.74, 6) is 0.784. The van der Waals surface area contributed by atoms with Crippen LogP contribution in [-0.4, -0.2) is 23.2 Å². The van der Waals surface area contributed by atoms with Crippen LogP contribution in [0.5, 0.6) is 0 Å². The van der Waals surface area contributed by atoms with Crippen LogP contribution in [0.1, 0.15) is 66.2 Å². The summed E-state index contributed by atoms with van der Waals surface area (Å²) in [7, 11) is 0. The van der Waals surface area contributed by atoms with Crippen molar-refractivity contribution in [2.24, 2.45) is 22.2 Å². The Morgan fingerprint density at radius 1 is 1.20 bits per heavy atom. The van der Waals surface area contributed by atoms with Crippen molar-refractivity contribution < 1.29 is 9.90 Å². The van der Waals surface area contributed by atoms with E-state index < -0.39 is 0 Å². The van der Waals surface area contributed by atoms with Crippen LogP contribution in [0.15, 0.2) is 0 Å². The van der Waals surface area contributed by atoms with Gasteiger partial charge in [-0.1, -0.05) is 20.8 Å². The van der Waals surface area contributed by atoms with Crippen molar-refractivity contribution >= 4 is 5.91 Å². The summed E-state index contributed by atoms with van der Waals surface area (Å²) in [6, 6.07) is 0.298. The summed E-state index contributed by atoms with van der Waals surface area (Å²) >= 11 is 0. The van der Waals surface area contributed by atoms with E-state index >= 15 is 0 Å². The molecule has 2 bridgehead atoms. The van der Waals surface area contributed by atoms with Gasteiger partial charge in [0.15, 0.2) is 0 Å². The van der Waals surface area contributed by atoms with Crippen molar-refractivity contribution in [2.45, 2.75) is 78.4 Å². The highest BCUT2D eigenvalue weighted by atomic mass is 16.3. The largest absolute Gasteiger partial charge is 0.393 e. The van der Waals surface area contributed by atoms with E-state index in [4.69, 9.17) is 0 Å². The fourth-order valence-corrected chi connectivity index (χ4v) is 6.05. The first-order chi connectivity index (χ1) is 9.20. The van der Waals surface area contributed by atoms with E-state index in [1.807, 2.05) is 0 Å². The fourth-order valence-electron chi connectivity index (χ4n) is 6.05. The molecule has 2 N–H and O–H groups in total. The van der Waals surface area contributed by atoms with Crippen LogP contribution in [0, 0.1) is 22.2 Å². The molecule has 3 aliphatic rings. The van der Waals surface area contributed by atoms with Crippen LogP contribution in [0.25, 0.3) is 0 Å². The fraction of sp³-hybridized carbons (Fsp3) is 0.941. The predicted octanol–water partition coefficient (Wildman–Crippen LogP) is 2.87. The molecule has 3 aliphatic carbocycles. The van der Waals surface area contributed by atoms with Gasteiger partial charge in [-0.05, 0) is 60.7 Å². The van der Waals surface area contributed by atoms with Gasteiger partial charge in [-0.2, -0.15) is 0 Å². The summed E-state index contributed by atoms with van der Waals surface area (Å²) in [5, 5.41) is 13.7. The average Bonchev–Trinajstić information content (AvgIpc) is 2.51. The lowest BCUT2D eigenvalue weighted by Crippen LogP contribution is -2.57. The summed E-state index contributed by atoms with van der Waals surface area (Å²) in [6.07, 6.45) is 6.33. The molecule has 0 aromatic carbocycles. The lowest BCUT2D eigenvalue weighted by Gasteiger charge is -2.58. The summed E-state index contributed by atoms with van der Waals surface area (Å²) in [4.78, 5) is 11.6. The van der Waals surface area contributed by atoms with Crippen molar-refractivity contribution in [2.75, 3.05) is 0 Å². The highest BCUT2D eigenvalue weighted by Crippen LogP contribution is 2.68. The normalized spacial score (nSPS) is 49.5. The smallest absolute Gasteiger partial charge is 0.217 e. The molecule has 3 fully saturated rings. The zero-order valence-corrected chi connectivity index (χ0v) is 13.3. The first kappa shape index (κ1) is 14.4. The lowest BCUT2D eigenvalue weighted by atomic mass is 9.49. The monoisotopic (exact) mass is 279 g/mol. The number of hydrogen-bond acceptors (Lipinski definition) is 2. The Balaban J connectivity index is 1.98. The van der Waals surface area contributed by atoms with Crippen molar-refractivity contribution in [3.8, 4) is 0 Å². The van der Waals surface area contributed by atoms with E-state index in [-0.39, 0.29) is 22.8 Å². The third-order valence-electron chi connectivity index (χ3n) is 6.86. The number of carbonyl (C=O) groups is 1. The lowest BCUT2D eigenvalue weighted by molar-refractivity contribution is -0.131. The molecule has 0 unspecified atom stereocenters. The van der Waals surface area contributed by atoms with Crippen molar-refractivity contribution in [1.82, 2.24) is 5.32 Å².